The molecule has 2 N–H and O–H groups in total. The molecule has 2 aliphatic carbocycles. The van der Waals surface area contributed by atoms with Gasteiger partial charge in [-0.3, -0.25) is 0 Å². The van der Waals surface area contributed by atoms with Gasteiger partial charge in [0, 0.05) is 23.5 Å². The van der Waals surface area contributed by atoms with Crippen molar-refractivity contribution >= 4 is 34.2 Å². The molecule has 1 aromatic heterocycles. The number of nitrogens with one attached hydrogen (secondary N) is 1. The first-order valence-electron chi connectivity index (χ1n) is 10.8. The second-order valence-corrected chi connectivity index (χ2v) is 11.7. The largest absolute Gasteiger partial charge is 0.394 e. The summed E-state index contributed by atoms with van der Waals surface area (Å²) in [6, 6.07) is 6.01. The number of nitrogens with zero attached hydrogens (tertiary/aromatic N) is 3. The molecular formula is C22H23ClF2N4O2S. The summed E-state index contributed by atoms with van der Waals surface area (Å²) in [5.74, 6) is 0.560. The van der Waals surface area contributed by atoms with E-state index in [9.17, 15) is 18.1 Å². The molecule has 1 aromatic carbocycles. The van der Waals surface area contributed by atoms with Gasteiger partial charge in [0.1, 0.15) is 21.5 Å². The van der Waals surface area contributed by atoms with Crippen LogP contribution in [0.1, 0.15) is 36.1 Å². The monoisotopic (exact) mass is 480 g/mol. The lowest BCUT2D eigenvalue weighted by Gasteiger charge is -2.48. The highest BCUT2D eigenvalue weighted by Gasteiger charge is 2.52. The molecule has 2 fully saturated rings. The minimum atomic E-state index is -3.36. The summed E-state index contributed by atoms with van der Waals surface area (Å²) in [6.07, 6.45) is 3.58. The predicted octanol–water partition coefficient (Wildman–Crippen LogP) is 3.32. The first kappa shape index (κ1) is 20.7. The number of hydrogen-bond acceptors (Lipinski definition) is 6. The van der Waals surface area contributed by atoms with Gasteiger partial charge in [-0.05, 0) is 55.4 Å². The van der Waals surface area contributed by atoms with Gasteiger partial charge in [-0.15, -0.1) is 0 Å². The van der Waals surface area contributed by atoms with Crippen molar-refractivity contribution in [1.29, 1.82) is 0 Å². The predicted molar refractivity (Wildman–Crippen MR) is 118 cm³/mol. The van der Waals surface area contributed by atoms with Crippen LogP contribution in [0.2, 0.25) is 5.02 Å². The number of rotatable bonds is 4. The van der Waals surface area contributed by atoms with Gasteiger partial charge in [0.25, 0.3) is 0 Å². The molecule has 1 unspecified atom stereocenters. The maximum absolute atomic E-state index is 14.3. The van der Waals surface area contributed by atoms with Crippen LogP contribution < -0.4 is 10.2 Å². The lowest BCUT2D eigenvalue weighted by Crippen LogP contribution is -2.58. The molecule has 3 heterocycles. The maximum atomic E-state index is 14.3. The van der Waals surface area contributed by atoms with Gasteiger partial charge in [-0.25, -0.2) is 9.19 Å². The van der Waals surface area contributed by atoms with Crippen LogP contribution in [0.3, 0.4) is 0 Å². The molecule has 6 nitrogen and oxygen atoms in total. The van der Waals surface area contributed by atoms with Gasteiger partial charge in [0.2, 0.25) is 5.95 Å². The second-order valence-electron chi connectivity index (χ2n) is 9.77. The molecule has 170 valence electrons. The highest BCUT2D eigenvalue weighted by atomic mass is 35.5. The SMILES string of the molecule is O=S1c2c(nc(N3CC4(Cc5ccc(Cl)cc5C4)C3)nc2NC2(CO)CCC2)CC1(F)F. The fourth-order valence-corrected chi connectivity index (χ4v) is 6.91. The summed E-state index contributed by atoms with van der Waals surface area (Å²) >= 11 is 6.15. The van der Waals surface area contributed by atoms with Crippen molar-refractivity contribution in [1.82, 2.24) is 9.97 Å². The van der Waals surface area contributed by atoms with E-state index >= 15 is 0 Å². The van der Waals surface area contributed by atoms with Crippen molar-refractivity contribution < 1.29 is 18.1 Å². The van der Waals surface area contributed by atoms with Crippen LogP contribution in [0.15, 0.2) is 23.1 Å². The van der Waals surface area contributed by atoms with Crippen molar-refractivity contribution in [2.24, 2.45) is 5.41 Å². The van der Waals surface area contributed by atoms with Crippen LogP contribution in [0, 0.1) is 5.41 Å². The fourth-order valence-electron chi connectivity index (χ4n) is 5.54. The molecule has 1 saturated heterocycles. The standard InChI is InChI=1S/C22H23ClF2N4O2S/c23-15-3-2-13-7-20(8-14(13)6-15)10-29(11-20)19-26-16-9-22(24,25)32(31)17(16)18(27-19)28-21(12-30)4-1-5-21/h2-3,6,30H,1,4-5,7-12H2,(H,26,27,28). The van der Waals surface area contributed by atoms with E-state index in [0.29, 0.717) is 18.8 Å². The zero-order chi connectivity index (χ0) is 22.3. The van der Waals surface area contributed by atoms with E-state index in [0.717, 1.165) is 37.4 Å². The molecule has 6 rings (SSSR count). The molecule has 2 aliphatic heterocycles. The van der Waals surface area contributed by atoms with Gasteiger partial charge >= 0.3 is 5.25 Å². The molecule has 4 aliphatic rings. The Kier molecular flexibility index (Phi) is 4.43. The molecule has 32 heavy (non-hydrogen) atoms. The van der Waals surface area contributed by atoms with E-state index in [2.05, 4.69) is 21.4 Å². The number of alkyl halides is 2. The molecule has 2 aromatic rings. The minimum absolute atomic E-state index is 0.0170. The maximum Gasteiger partial charge on any atom is 0.331 e. The number of aliphatic hydroxyl groups is 1. The first-order valence-corrected chi connectivity index (χ1v) is 12.4. The van der Waals surface area contributed by atoms with Crippen LogP contribution in [0.4, 0.5) is 20.5 Å². The number of anilines is 2. The number of fused-ring (bicyclic) bond motifs is 2. The number of hydrogen-bond donors (Lipinski definition) is 2. The fraction of sp³-hybridized carbons (Fsp3) is 0.545. The Balaban J connectivity index is 1.30. The Morgan fingerprint density at radius 1 is 1.16 bits per heavy atom. The van der Waals surface area contributed by atoms with Gasteiger partial charge in [-0.1, -0.05) is 17.7 Å². The van der Waals surface area contributed by atoms with Crippen molar-refractivity contribution in [3.05, 3.63) is 40.0 Å². The van der Waals surface area contributed by atoms with E-state index in [1.807, 2.05) is 17.0 Å². The smallest absolute Gasteiger partial charge is 0.331 e. The highest BCUT2D eigenvalue weighted by Crippen LogP contribution is 2.48. The van der Waals surface area contributed by atoms with E-state index < -0.39 is 28.0 Å². The van der Waals surface area contributed by atoms with Gasteiger partial charge < -0.3 is 15.3 Å². The topological polar surface area (TPSA) is 78.4 Å². The third kappa shape index (κ3) is 3.08. The first-order chi connectivity index (χ1) is 15.2. The normalized spacial score (nSPS) is 25.8. The third-order valence-corrected chi connectivity index (χ3v) is 9.11. The third-order valence-electron chi connectivity index (χ3n) is 7.39. The van der Waals surface area contributed by atoms with Crippen LogP contribution in [0.25, 0.3) is 0 Å². The van der Waals surface area contributed by atoms with Gasteiger partial charge in [-0.2, -0.15) is 13.8 Å². The zero-order valence-electron chi connectivity index (χ0n) is 17.3. The molecule has 0 radical (unpaired) electrons. The number of halogens is 3. The molecule has 10 heteroatoms. The summed E-state index contributed by atoms with van der Waals surface area (Å²) in [4.78, 5) is 11.0. The molecule has 0 bridgehead atoms. The molecule has 1 saturated carbocycles. The van der Waals surface area contributed by atoms with E-state index in [4.69, 9.17) is 11.6 Å². The summed E-state index contributed by atoms with van der Waals surface area (Å²) in [5.41, 5.74) is 2.19. The van der Waals surface area contributed by atoms with Crippen LogP contribution in [-0.4, -0.2) is 49.8 Å². The highest BCUT2D eigenvalue weighted by molar-refractivity contribution is 7.86. The van der Waals surface area contributed by atoms with Crippen LogP contribution in [-0.2, 0) is 30.1 Å². The summed E-state index contributed by atoms with van der Waals surface area (Å²) < 4.78 is 41.1. The van der Waals surface area contributed by atoms with Gasteiger partial charge in [0.05, 0.1) is 24.3 Å². The number of aliphatic hydroxyl groups excluding tert-OH is 1. The summed E-state index contributed by atoms with van der Waals surface area (Å²) in [6.45, 7) is 1.32. The van der Waals surface area contributed by atoms with Crippen LogP contribution in [0.5, 0.6) is 0 Å². The Bertz CT molecular complexity index is 1150. The molecule has 0 amide bonds. The summed E-state index contributed by atoms with van der Waals surface area (Å²) in [7, 11) is -2.51. The average molecular weight is 481 g/mol. The van der Waals surface area contributed by atoms with E-state index in [-0.39, 0.29) is 28.4 Å². The summed E-state index contributed by atoms with van der Waals surface area (Å²) in [5, 5.41) is 10.4. The van der Waals surface area contributed by atoms with Crippen LogP contribution >= 0.6 is 11.6 Å². The zero-order valence-corrected chi connectivity index (χ0v) is 18.9. The lowest BCUT2D eigenvalue weighted by molar-refractivity contribution is 0.104. The molecule has 1 spiro atoms. The van der Waals surface area contributed by atoms with Crippen molar-refractivity contribution in [3.63, 3.8) is 0 Å². The Morgan fingerprint density at radius 3 is 2.59 bits per heavy atom. The van der Waals surface area contributed by atoms with Crippen molar-refractivity contribution in [3.8, 4) is 0 Å². The van der Waals surface area contributed by atoms with Crippen molar-refractivity contribution in [2.45, 2.75) is 54.2 Å². The molecular weight excluding hydrogens is 458 g/mol. The average Bonchev–Trinajstić information content (AvgIpc) is 3.18. The second kappa shape index (κ2) is 6.84. The van der Waals surface area contributed by atoms with E-state index in [1.54, 1.807) is 0 Å². The lowest BCUT2D eigenvalue weighted by atomic mass is 9.77. The Hall–Kier alpha value is -1.84. The van der Waals surface area contributed by atoms with Crippen molar-refractivity contribution in [2.75, 3.05) is 29.9 Å². The Morgan fingerprint density at radius 2 is 1.91 bits per heavy atom. The van der Waals surface area contributed by atoms with Gasteiger partial charge in [0.15, 0.2) is 0 Å². The minimum Gasteiger partial charge on any atom is -0.394 e. The number of aromatic nitrogens is 2. The van der Waals surface area contributed by atoms with E-state index in [1.165, 1.54) is 11.1 Å². The Labute approximate surface area is 191 Å². The quantitative estimate of drug-likeness (QED) is 0.699. The number of benzene rings is 1. The molecule has 1 atom stereocenters.